The zero-order valence-electron chi connectivity index (χ0n) is 11.7. The van der Waals surface area contributed by atoms with Crippen LogP contribution in [-0.2, 0) is 4.79 Å². The van der Waals surface area contributed by atoms with Crippen molar-refractivity contribution in [3.8, 4) is 0 Å². The fraction of sp³-hybridized carbons (Fsp3) is 0.316. The number of rotatable bonds is 2. The van der Waals surface area contributed by atoms with Gasteiger partial charge < -0.3 is 0 Å². The van der Waals surface area contributed by atoms with E-state index in [0.29, 0.717) is 17.6 Å². The molecule has 1 aliphatic carbocycles. The van der Waals surface area contributed by atoms with E-state index in [1.54, 1.807) is 0 Å². The van der Waals surface area contributed by atoms with Gasteiger partial charge in [0.2, 0.25) is 0 Å². The van der Waals surface area contributed by atoms with E-state index in [0.717, 1.165) is 25.7 Å². The molecule has 0 radical (unpaired) electrons. The van der Waals surface area contributed by atoms with Crippen LogP contribution in [0, 0.1) is 0 Å². The van der Waals surface area contributed by atoms with Gasteiger partial charge in [-0.1, -0.05) is 60.7 Å². The Morgan fingerprint density at radius 3 is 1.45 bits per heavy atom. The van der Waals surface area contributed by atoms with Gasteiger partial charge in [-0.2, -0.15) is 0 Å². The average molecular weight is 264 g/mol. The first-order valence-electron chi connectivity index (χ1n) is 7.46. The number of hydrogen-bond acceptors (Lipinski definition) is 1. The van der Waals surface area contributed by atoms with Crippen LogP contribution in [0.5, 0.6) is 0 Å². The molecule has 1 saturated carbocycles. The Morgan fingerprint density at radius 2 is 1.05 bits per heavy atom. The van der Waals surface area contributed by atoms with E-state index in [4.69, 9.17) is 0 Å². The van der Waals surface area contributed by atoms with Gasteiger partial charge in [0.15, 0.2) is 0 Å². The number of ketones is 1. The summed E-state index contributed by atoms with van der Waals surface area (Å²) in [6.45, 7) is 0. The van der Waals surface area contributed by atoms with Crippen LogP contribution in [0.3, 0.4) is 0 Å². The molecule has 0 N–H and O–H groups in total. The lowest BCUT2D eigenvalue weighted by Crippen LogP contribution is -2.10. The van der Waals surface area contributed by atoms with Gasteiger partial charge in [0.1, 0.15) is 5.78 Å². The second-order valence-electron chi connectivity index (χ2n) is 5.65. The molecule has 0 bridgehead atoms. The smallest absolute Gasteiger partial charge is 0.132 e. The maximum Gasteiger partial charge on any atom is 0.132 e. The fourth-order valence-electron chi connectivity index (χ4n) is 3.36. The van der Waals surface area contributed by atoms with E-state index >= 15 is 0 Å². The summed E-state index contributed by atoms with van der Waals surface area (Å²) in [6.07, 6.45) is 3.40. The van der Waals surface area contributed by atoms with Crippen LogP contribution in [0.4, 0.5) is 0 Å². The van der Waals surface area contributed by atoms with Crippen molar-refractivity contribution in [2.75, 3.05) is 0 Å². The molecule has 0 aliphatic heterocycles. The monoisotopic (exact) mass is 264 g/mol. The minimum absolute atomic E-state index is 0.421. The number of carbonyl (C=O) groups is 1. The van der Waals surface area contributed by atoms with Crippen molar-refractivity contribution in [2.45, 2.75) is 37.5 Å². The number of benzene rings is 2. The molecule has 0 spiro atoms. The molecule has 0 unspecified atom stereocenters. The Kier molecular flexibility index (Phi) is 3.96. The van der Waals surface area contributed by atoms with E-state index in [9.17, 15) is 4.79 Å². The second kappa shape index (κ2) is 6.04. The van der Waals surface area contributed by atoms with Crippen molar-refractivity contribution >= 4 is 5.78 Å². The van der Waals surface area contributed by atoms with Crippen molar-refractivity contribution in [3.63, 3.8) is 0 Å². The van der Waals surface area contributed by atoms with Gasteiger partial charge in [0, 0.05) is 12.8 Å². The molecule has 0 aromatic heterocycles. The predicted molar refractivity (Wildman–Crippen MR) is 81.8 cm³/mol. The highest BCUT2D eigenvalue weighted by atomic mass is 16.1. The van der Waals surface area contributed by atoms with Crippen molar-refractivity contribution in [1.29, 1.82) is 0 Å². The first-order chi connectivity index (χ1) is 9.84. The highest BCUT2D eigenvalue weighted by Gasteiger charge is 2.28. The minimum Gasteiger partial charge on any atom is -0.300 e. The van der Waals surface area contributed by atoms with E-state index in [1.807, 2.05) is 0 Å². The maximum absolute atomic E-state index is 11.8. The van der Waals surface area contributed by atoms with Gasteiger partial charge in [0.25, 0.3) is 0 Å². The van der Waals surface area contributed by atoms with Crippen LogP contribution >= 0.6 is 0 Å². The molecule has 1 heteroatoms. The van der Waals surface area contributed by atoms with Gasteiger partial charge in [-0.25, -0.2) is 0 Å². The molecule has 20 heavy (non-hydrogen) atoms. The molecule has 0 saturated heterocycles. The Morgan fingerprint density at radius 1 is 0.650 bits per heavy atom. The quantitative estimate of drug-likeness (QED) is 0.719. The second-order valence-corrected chi connectivity index (χ2v) is 5.65. The molecule has 102 valence electrons. The van der Waals surface area contributed by atoms with Gasteiger partial charge in [-0.05, 0) is 35.8 Å². The third-order valence-electron chi connectivity index (χ3n) is 4.41. The Bertz CT molecular complexity index is 507. The van der Waals surface area contributed by atoms with Crippen LogP contribution in [0.1, 0.15) is 48.6 Å². The number of hydrogen-bond donors (Lipinski definition) is 0. The van der Waals surface area contributed by atoms with Crippen molar-refractivity contribution in [1.82, 2.24) is 0 Å². The largest absolute Gasteiger partial charge is 0.300 e. The SMILES string of the molecule is O=C1CC[C@@H](c2ccccc2)[C@H](c2ccccc2)CC1. The molecule has 2 atom stereocenters. The molecule has 1 aliphatic rings. The molecule has 0 amide bonds. The standard InChI is InChI=1S/C19H20O/c20-17-11-13-18(15-7-3-1-4-8-15)19(14-12-17)16-9-5-2-6-10-16/h1-10,18-19H,11-14H2/t18-,19-/m0/s1. The summed E-state index contributed by atoms with van der Waals surface area (Å²) in [4.78, 5) is 11.8. The van der Waals surface area contributed by atoms with E-state index < -0.39 is 0 Å². The first-order valence-corrected chi connectivity index (χ1v) is 7.46. The predicted octanol–water partition coefficient (Wildman–Crippen LogP) is 4.70. The summed E-state index contributed by atoms with van der Waals surface area (Å²) in [5, 5.41) is 0. The lowest BCUT2D eigenvalue weighted by molar-refractivity contribution is -0.118. The van der Waals surface area contributed by atoms with Crippen molar-refractivity contribution in [3.05, 3.63) is 71.8 Å². The third kappa shape index (κ3) is 2.82. The summed E-state index contributed by atoms with van der Waals surface area (Å²) in [7, 11) is 0. The molecular weight excluding hydrogens is 244 g/mol. The summed E-state index contributed by atoms with van der Waals surface area (Å²) < 4.78 is 0. The van der Waals surface area contributed by atoms with Crippen LogP contribution < -0.4 is 0 Å². The maximum atomic E-state index is 11.8. The average Bonchev–Trinajstić information content (AvgIpc) is 2.71. The third-order valence-corrected chi connectivity index (χ3v) is 4.41. The van der Waals surface area contributed by atoms with Crippen LogP contribution in [-0.4, -0.2) is 5.78 Å². The van der Waals surface area contributed by atoms with Crippen LogP contribution in [0.25, 0.3) is 0 Å². The minimum atomic E-state index is 0.421. The molecule has 1 nitrogen and oxygen atoms in total. The zero-order chi connectivity index (χ0) is 13.8. The summed E-state index contributed by atoms with van der Waals surface area (Å²) in [5.74, 6) is 1.35. The topological polar surface area (TPSA) is 17.1 Å². The van der Waals surface area contributed by atoms with Gasteiger partial charge >= 0.3 is 0 Å². The Labute approximate surface area is 120 Å². The lowest BCUT2D eigenvalue weighted by Gasteiger charge is -2.25. The molecule has 0 heterocycles. The van der Waals surface area contributed by atoms with E-state index in [1.165, 1.54) is 11.1 Å². The van der Waals surface area contributed by atoms with Gasteiger partial charge in [-0.15, -0.1) is 0 Å². The van der Waals surface area contributed by atoms with Gasteiger partial charge in [0.05, 0.1) is 0 Å². The Hall–Kier alpha value is -1.89. The Balaban J connectivity index is 1.96. The molecule has 2 aromatic carbocycles. The highest BCUT2D eigenvalue weighted by Crippen LogP contribution is 2.41. The van der Waals surface area contributed by atoms with Crippen molar-refractivity contribution < 1.29 is 4.79 Å². The molecular formula is C19H20O. The lowest BCUT2D eigenvalue weighted by atomic mass is 9.78. The molecule has 2 aromatic rings. The van der Waals surface area contributed by atoms with E-state index in [-0.39, 0.29) is 0 Å². The number of Topliss-reactive ketones (excluding diaryl/α,β-unsaturated/α-hetero) is 1. The van der Waals surface area contributed by atoms with Gasteiger partial charge in [-0.3, -0.25) is 4.79 Å². The van der Waals surface area contributed by atoms with Crippen LogP contribution in [0.15, 0.2) is 60.7 Å². The summed E-state index contributed by atoms with van der Waals surface area (Å²) in [6, 6.07) is 21.3. The number of carbonyl (C=O) groups excluding carboxylic acids is 1. The fourth-order valence-corrected chi connectivity index (χ4v) is 3.36. The highest BCUT2D eigenvalue weighted by molar-refractivity contribution is 5.78. The summed E-state index contributed by atoms with van der Waals surface area (Å²) >= 11 is 0. The summed E-state index contributed by atoms with van der Waals surface area (Å²) in [5.41, 5.74) is 2.74. The zero-order valence-corrected chi connectivity index (χ0v) is 11.7. The molecule has 3 rings (SSSR count). The first kappa shape index (κ1) is 13.1. The normalized spacial score (nSPS) is 23.3. The van der Waals surface area contributed by atoms with E-state index in [2.05, 4.69) is 60.7 Å². The van der Waals surface area contributed by atoms with Crippen molar-refractivity contribution in [2.24, 2.45) is 0 Å². The molecule has 1 fully saturated rings. The van der Waals surface area contributed by atoms with Crippen LogP contribution in [0.2, 0.25) is 0 Å².